The van der Waals surface area contributed by atoms with Crippen molar-refractivity contribution in [1.82, 2.24) is 15.1 Å². The van der Waals surface area contributed by atoms with E-state index in [0.717, 1.165) is 38.6 Å². The van der Waals surface area contributed by atoms with Crippen LogP contribution in [0.4, 0.5) is 0 Å². The molecule has 0 bridgehead atoms. The van der Waals surface area contributed by atoms with E-state index in [4.69, 9.17) is 9.41 Å². The van der Waals surface area contributed by atoms with Gasteiger partial charge < -0.3 is 19.5 Å². The molecule has 0 radical (unpaired) electrons. The highest BCUT2D eigenvalue weighted by Crippen LogP contribution is 2.21. The summed E-state index contributed by atoms with van der Waals surface area (Å²) in [4.78, 5) is 21.2. The van der Waals surface area contributed by atoms with Crippen LogP contribution in [-0.4, -0.2) is 60.9 Å². The minimum Gasteiger partial charge on any atom is -0.459 e. The van der Waals surface area contributed by atoms with Crippen molar-refractivity contribution in [3.63, 3.8) is 0 Å². The molecule has 0 unspecified atom stereocenters. The quantitative estimate of drug-likeness (QED) is 0.285. The summed E-state index contributed by atoms with van der Waals surface area (Å²) in [6.07, 6.45) is 5.09. The van der Waals surface area contributed by atoms with Crippen LogP contribution in [0.1, 0.15) is 57.5 Å². The fourth-order valence-electron chi connectivity index (χ4n) is 3.06. The molecular weight excluding hydrogens is 455 g/mol. The maximum atomic E-state index is 12.4. The summed E-state index contributed by atoms with van der Waals surface area (Å²) in [5.74, 6) is 1.35. The molecule has 1 aliphatic heterocycles. The fraction of sp³-hybridized carbons (Fsp3) is 0.700. The molecule has 0 saturated carbocycles. The average Bonchev–Trinajstić information content (AvgIpc) is 3.14. The first kappa shape index (κ1) is 23.8. The van der Waals surface area contributed by atoms with Crippen LogP contribution in [0, 0.1) is 5.41 Å². The van der Waals surface area contributed by atoms with Gasteiger partial charge in [-0.2, -0.15) is 0 Å². The maximum Gasteiger partial charge on any atom is 0.289 e. The third-order valence-electron chi connectivity index (χ3n) is 4.53. The van der Waals surface area contributed by atoms with Crippen LogP contribution >= 0.6 is 24.0 Å². The van der Waals surface area contributed by atoms with E-state index in [1.54, 1.807) is 18.4 Å². The van der Waals surface area contributed by atoms with Gasteiger partial charge in [0.05, 0.1) is 6.26 Å². The predicted octanol–water partition coefficient (Wildman–Crippen LogP) is 3.84. The van der Waals surface area contributed by atoms with Crippen molar-refractivity contribution in [2.75, 3.05) is 39.3 Å². The van der Waals surface area contributed by atoms with E-state index in [-0.39, 0.29) is 29.9 Å². The van der Waals surface area contributed by atoms with Crippen molar-refractivity contribution < 1.29 is 9.21 Å². The number of halogens is 1. The Kier molecular flexibility index (Phi) is 10.2. The highest BCUT2D eigenvalue weighted by atomic mass is 127. The summed E-state index contributed by atoms with van der Waals surface area (Å²) in [5.41, 5.74) is 0.394. The Morgan fingerprint density at radius 2 is 1.85 bits per heavy atom. The van der Waals surface area contributed by atoms with E-state index in [1.807, 2.05) is 4.90 Å². The number of guanidine groups is 1. The Labute approximate surface area is 180 Å². The van der Waals surface area contributed by atoms with Crippen LogP contribution in [0.5, 0.6) is 0 Å². The van der Waals surface area contributed by atoms with Gasteiger partial charge >= 0.3 is 0 Å². The third-order valence-corrected chi connectivity index (χ3v) is 4.53. The van der Waals surface area contributed by atoms with E-state index in [9.17, 15) is 4.79 Å². The molecule has 0 aliphatic carbocycles. The van der Waals surface area contributed by atoms with Gasteiger partial charge in [-0.15, -0.1) is 24.0 Å². The highest BCUT2D eigenvalue weighted by Gasteiger charge is 2.25. The molecule has 1 amide bonds. The van der Waals surface area contributed by atoms with Gasteiger partial charge in [0.15, 0.2) is 11.7 Å². The summed E-state index contributed by atoms with van der Waals surface area (Å²) < 4.78 is 5.22. The number of amides is 1. The van der Waals surface area contributed by atoms with Gasteiger partial charge in [-0.25, -0.2) is 0 Å². The second-order valence-corrected chi connectivity index (χ2v) is 8.01. The monoisotopic (exact) mass is 490 g/mol. The van der Waals surface area contributed by atoms with Gasteiger partial charge in [-0.3, -0.25) is 9.79 Å². The van der Waals surface area contributed by atoms with Crippen LogP contribution in [-0.2, 0) is 0 Å². The lowest BCUT2D eigenvalue weighted by Crippen LogP contribution is -2.53. The number of nitrogens with one attached hydrogen (secondary N) is 1. The number of unbranched alkanes of at least 4 members (excludes halogenated alkanes) is 1. The zero-order valence-corrected chi connectivity index (χ0v) is 19.5. The summed E-state index contributed by atoms with van der Waals surface area (Å²) in [6.45, 7) is 13.6. The van der Waals surface area contributed by atoms with Crippen molar-refractivity contribution in [2.45, 2.75) is 47.0 Å². The number of piperazine rings is 1. The standard InChI is InChI=1S/C20H34N4O2.HI/c1-5-21-19(22-11-7-6-10-20(2,3)4)24-14-12-23(13-15-24)18(25)17-9-8-16-26-17;/h8-9,16H,5-7,10-15H2,1-4H3,(H,21,22);1H. The Hall–Kier alpha value is -1.25. The van der Waals surface area contributed by atoms with Crippen molar-refractivity contribution >= 4 is 35.8 Å². The lowest BCUT2D eigenvalue weighted by Gasteiger charge is -2.36. The minimum atomic E-state index is -0.0289. The first-order chi connectivity index (χ1) is 12.4. The number of hydrogen-bond donors (Lipinski definition) is 1. The molecule has 0 atom stereocenters. The van der Waals surface area contributed by atoms with Crippen LogP contribution in [0.3, 0.4) is 0 Å². The number of carbonyl (C=O) groups excluding carboxylic acids is 1. The summed E-state index contributed by atoms with van der Waals surface area (Å²) >= 11 is 0. The SMILES string of the molecule is CCNC(=NCCCCC(C)(C)C)N1CCN(C(=O)c2ccco2)CC1.I. The van der Waals surface area contributed by atoms with E-state index < -0.39 is 0 Å². The molecule has 6 nitrogen and oxygen atoms in total. The molecule has 2 rings (SSSR count). The zero-order chi connectivity index (χ0) is 19.0. The highest BCUT2D eigenvalue weighted by molar-refractivity contribution is 14.0. The fourth-order valence-corrected chi connectivity index (χ4v) is 3.06. The van der Waals surface area contributed by atoms with Gasteiger partial charge in [-0.05, 0) is 37.3 Å². The Morgan fingerprint density at radius 3 is 2.41 bits per heavy atom. The van der Waals surface area contributed by atoms with Crippen LogP contribution in [0.25, 0.3) is 0 Å². The number of carbonyl (C=O) groups is 1. The van der Waals surface area contributed by atoms with Crippen LogP contribution < -0.4 is 5.32 Å². The second kappa shape index (κ2) is 11.6. The number of rotatable bonds is 6. The molecule has 0 aromatic carbocycles. The van der Waals surface area contributed by atoms with Gasteiger partial charge in [-0.1, -0.05) is 27.2 Å². The summed E-state index contributed by atoms with van der Waals surface area (Å²) in [6, 6.07) is 3.47. The number of hydrogen-bond acceptors (Lipinski definition) is 3. The Morgan fingerprint density at radius 1 is 1.19 bits per heavy atom. The lowest BCUT2D eigenvalue weighted by atomic mass is 9.90. The molecule has 0 spiro atoms. The molecule has 1 aliphatic rings. The lowest BCUT2D eigenvalue weighted by molar-refractivity contribution is 0.0657. The third kappa shape index (κ3) is 8.11. The molecule has 1 fully saturated rings. The smallest absolute Gasteiger partial charge is 0.289 e. The Bertz CT molecular complexity index is 573. The van der Waals surface area contributed by atoms with Gasteiger partial charge in [0.25, 0.3) is 5.91 Å². The Balaban J connectivity index is 0.00000364. The molecule has 7 heteroatoms. The van der Waals surface area contributed by atoms with Crippen LogP contribution in [0.2, 0.25) is 0 Å². The van der Waals surface area contributed by atoms with E-state index in [0.29, 0.717) is 24.3 Å². The average molecular weight is 490 g/mol. The zero-order valence-electron chi connectivity index (χ0n) is 17.2. The van der Waals surface area contributed by atoms with Gasteiger partial charge in [0.1, 0.15) is 0 Å². The van der Waals surface area contributed by atoms with Crippen molar-refractivity contribution in [3.8, 4) is 0 Å². The maximum absolute atomic E-state index is 12.4. The second-order valence-electron chi connectivity index (χ2n) is 8.01. The number of furan rings is 1. The minimum absolute atomic E-state index is 0. The topological polar surface area (TPSA) is 61.1 Å². The van der Waals surface area contributed by atoms with Gasteiger partial charge in [0.2, 0.25) is 0 Å². The van der Waals surface area contributed by atoms with E-state index in [2.05, 4.69) is 37.9 Å². The largest absolute Gasteiger partial charge is 0.459 e. The molecule has 2 heterocycles. The van der Waals surface area contributed by atoms with E-state index in [1.165, 1.54) is 12.8 Å². The van der Waals surface area contributed by atoms with E-state index >= 15 is 0 Å². The first-order valence-electron chi connectivity index (χ1n) is 9.77. The van der Waals surface area contributed by atoms with Crippen molar-refractivity contribution in [3.05, 3.63) is 24.2 Å². The van der Waals surface area contributed by atoms with Crippen LogP contribution in [0.15, 0.2) is 27.8 Å². The summed E-state index contributed by atoms with van der Waals surface area (Å²) in [5, 5.41) is 3.39. The number of nitrogens with zero attached hydrogens (tertiary/aromatic N) is 3. The number of aliphatic imine (C=N–C) groups is 1. The molecule has 1 saturated heterocycles. The van der Waals surface area contributed by atoms with Gasteiger partial charge in [0, 0.05) is 39.3 Å². The van der Waals surface area contributed by atoms with Crippen molar-refractivity contribution in [2.24, 2.45) is 10.4 Å². The van der Waals surface area contributed by atoms with Crippen molar-refractivity contribution in [1.29, 1.82) is 0 Å². The first-order valence-corrected chi connectivity index (χ1v) is 9.77. The molecular formula is C20H35IN4O2. The predicted molar refractivity (Wildman–Crippen MR) is 121 cm³/mol. The summed E-state index contributed by atoms with van der Waals surface area (Å²) in [7, 11) is 0. The molecule has 1 aromatic rings. The molecule has 154 valence electrons. The normalized spacial score (nSPS) is 15.5. The molecule has 27 heavy (non-hydrogen) atoms. The molecule has 1 aromatic heterocycles. The molecule has 1 N–H and O–H groups in total.